The summed E-state index contributed by atoms with van der Waals surface area (Å²) in [4.78, 5) is 41.7. The molecule has 0 aromatic rings. The van der Waals surface area contributed by atoms with E-state index in [1.807, 2.05) is 0 Å². The SMILES string of the molecule is O.O.O.O.O.O.O=C([O-])[O-].O=C([O-])[O-].O=C([O-])[O-].O=C([O-])[O-].O=C([O-])[O-].[Al+3].[Al+3].[Mg+2].[Mg+2]. The van der Waals surface area contributed by atoms with Crippen LogP contribution >= 0.6 is 0 Å². The van der Waals surface area contributed by atoms with Gasteiger partial charge in [-0.1, -0.05) is 0 Å². The third-order valence-corrected chi connectivity index (χ3v) is 0. The van der Waals surface area contributed by atoms with Crippen molar-refractivity contribution in [1.82, 2.24) is 0 Å². The molecule has 0 atom stereocenters. The molecule has 0 amide bonds. The van der Waals surface area contributed by atoms with Crippen LogP contribution in [0.15, 0.2) is 0 Å². The van der Waals surface area contributed by atoms with Gasteiger partial charge in [0.2, 0.25) is 0 Å². The second-order valence-corrected chi connectivity index (χ2v) is 1.25. The van der Waals surface area contributed by atoms with Crippen molar-refractivity contribution in [3.8, 4) is 0 Å². The van der Waals surface area contributed by atoms with Crippen LogP contribution in [0.5, 0.6) is 0 Å². The zero-order valence-corrected chi connectivity index (χ0v) is 19.3. The molecule has 0 radical (unpaired) electrons. The van der Waals surface area contributed by atoms with Crippen LogP contribution in [0.25, 0.3) is 0 Å². The average Bonchev–Trinajstić information content (AvgIpc) is 1.94. The minimum Gasteiger partial charge on any atom is -0.652 e. The predicted molar refractivity (Wildman–Crippen MR) is 71.7 cm³/mol. The molecule has 0 aromatic carbocycles. The van der Waals surface area contributed by atoms with Crippen molar-refractivity contribution in [2.75, 3.05) is 0 Å². The van der Waals surface area contributed by atoms with E-state index in [0.717, 1.165) is 0 Å². The van der Waals surface area contributed by atoms with E-state index in [9.17, 15) is 0 Å². The summed E-state index contributed by atoms with van der Waals surface area (Å²) in [6.45, 7) is 0. The molecule has 0 heterocycles. The summed E-state index contributed by atoms with van der Waals surface area (Å²) in [5.74, 6) is 0. The number of hydrogen-bond donors (Lipinski definition) is 0. The van der Waals surface area contributed by atoms with Crippen LogP contribution in [0.2, 0.25) is 0 Å². The summed E-state index contributed by atoms with van der Waals surface area (Å²) < 4.78 is 0. The molecular weight excluding hydrogens is 499 g/mol. The Morgan fingerprint density at radius 2 is 0.300 bits per heavy atom. The summed E-state index contributed by atoms with van der Waals surface area (Å²) in [5, 5.41) is 83.3. The van der Waals surface area contributed by atoms with Crippen LogP contribution in [-0.4, -0.2) is 144 Å². The minimum atomic E-state index is -2.33. The maximum atomic E-state index is 8.33. The van der Waals surface area contributed by atoms with Gasteiger partial charge in [0.05, 0.1) is 0 Å². The van der Waals surface area contributed by atoms with Crippen LogP contribution in [-0.2, 0) is 0 Å². The molecule has 0 aliphatic heterocycles. The van der Waals surface area contributed by atoms with Crippen LogP contribution in [0.1, 0.15) is 0 Å². The number of carbonyl (C=O) groups excluding carboxylic acids is 5. The minimum absolute atomic E-state index is 0. The molecule has 0 saturated carbocycles. The quantitative estimate of drug-likeness (QED) is 0.273. The zero-order chi connectivity index (χ0) is 17.9. The molecule has 0 aliphatic rings. The molecule has 0 bridgehead atoms. The second kappa shape index (κ2) is 105. The van der Waals surface area contributed by atoms with E-state index >= 15 is 0 Å². The van der Waals surface area contributed by atoms with E-state index in [-0.39, 0.29) is 114 Å². The van der Waals surface area contributed by atoms with E-state index in [1.54, 1.807) is 0 Å². The molecular formula is C5H12Al2Mg2O21. The number of rotatable bonds is 0. The topological polar surface area (TPSA) is 505 Å². The van der Waals surface area contributed by atoms with E-state index in [0.29, 0.717) is 0 Å². The fourth-order valence-electron chi connectivity index (χ4n) is 0. The third-order valence-electron chi connectivity index (χ3n) is 0. The Bertz CT molecular complexity index is 224. The normalized spacial score (nSPS) is 4.00. The molecule has 0 aliphatic carbocycles. The fourth-order valence-corrected chi connectivity index (χ4v) is 0. The van der Waals surface area contributed by atoms with Crippen molar-refractivity contribution in [3.63, 3.8) is 0 Å². The Kier molecular flexibility index (Phi) is 411. The van der Waals surface area contributed by atoms with Gasteiger partial charge in [-0.25, -0.2) is 0 Å². The number of hydrogen-bond acceptors (Lipinski definition) is 15. The summed E-state index contributed by atoms with van der Waals surface area (Å²) in [6.07, 6.45) is -11.7. The van der Waals surface area contributed by atoms with Crippen molar-refractivity contribution in [3.05, 3.63) is 0 Å². The second-order valence-electron chi connectivity index (χ2n) is 1.25. The van der Waals surface area contributed by atoms with Gasteiger partial charge in [0, 0.05) is 0 Å². The summed E-state index contributed by atoms with van der Waals surface area (Å²) in [6, 6.07) is 0. The van der Waals surface area contributed by atoms with Gasteiger partial charge in [-0.15, -0.1) is 0 Å². The molecule has 0 aromatic heterocycles. The van der Waals surface area contributed by atoms with E-state index in [4.69, 9.17) is 75.0 Å². The molecule has 12 N–H and O–H groups in total. The van der Waals surface area contributed by atoms with E-state index in [1.165, 1.54) is 0 Å². The first-order chi connectivity index (χ1) is 8.66. The molecule has 0 saturated heterocycles. The predicted octanol–water partition coefficient (Wildman–Crippen LogP) is -18.7. The Balaban J connectivity index is -0.00000000666. The Hall–Kier alpha value is -1.29. The zero-order valence-electron chi connectivity index (χ0n) is 14.2. The van der Waals surface area contributed by atoms with Gasteiger partial charge >= 0.3 is 80.8 Å². The van der Waals surface area contributed by atoms with Crippen molar-refractivity contribution in [2.45, 2.75) is 0 Å². The van der Waals surface area contributed by atoms with Crippen molar-refractivity contribution >= 4 is 112 Å². The van der Waals surface area contributed by atoms with E-state index in [2.05, 4.69) is 0 Å². The van der Waals surface area contributed by atoms with Gasteiger partial charge in [0.15, 0.2) is 0 Å². The summed E-state index contributed by atoms with van der Waals surface area (Å²) >= 11 is 0. The molecule has 0 unspecified atom stereocenters. The molecule has 0 spiro atoms. The number of carbonyl (C=O) groups is 5. The maximum absolute atomic E-state index is 8.33. The van der Waals surface area contributed by atoms with Gasteiger partial charge in [-0.3, -0.25) is 0 Å². The molecule has 30 heavy (non-hydrogen) atoms. The average molecular weight is 511 g/mol. The van der Waals surface area contributed by atoms with Gasteiger partial charge in [0.25, 0.3) is 0 Å². The molecule has 0 rings (SSSR count). The van der Waals surface area contributed by atoms with Crippen LogP contribution in [0, 0.1) is 0 Å². The summed E-state index contributed by atoms with van der Waals surface area (Å²) in [7, 11) is 0. The first kappa shape index (κ1) is 117. The fraction of sp³-hybridized carbons (Fsp3) is 0. The Morgan fingerprint density at radius 1 is 0.300 bits per heavy atom. The van der Waals surface area contributed by atoms with Crippen molar-refractivity contribution in [2.24, 2.45) is 0 Å². The van der Waals surface area contributed by atoms with E-state index < -0.39 is 30.8 Å². The maximum Gasteiger partial charge on any atom is 3.00 e. The smallest absolute Gasteiger partial charge is 0.652 e. The van der Waals surface area contributed by atoms with Gasteiger partial charge in [-0.2, -0.15) is 0 Å². The molecule has 168 valence electrons. The largest absolute Gasteiger partial charge is 3.00 e. The molecule has 25 heteroatoms. The first-order valence-corrected chi connectivity index (χ1v) is 3.06. The Morgan fingerprint density at radius 3 is 0.300 bits per heavy atom. The van der Waals surface area contributed by atoms with Crippen LogP contribution < -0.4 is 51.1 Å². The third kappa shape index (κ3) is 10600. The molecule has 0 fully saturated rings. The van der Waals surface area contributed by atoms with Crippen LogP contribution in [0.3, 0.4) is 0 Å². The van der Waals surface area contributed by atoms with Gasteiger partial charge in [0.1, 0.15) is 0 Å². The molecule has 21 nitrogen and oxygen atoms in total. The first-order valence-electron chi connectivity index (χ1n) is 3.06. The standard InChI is InChI=1S/5CH2O3.2Al.2Mg.6H2O/c5*2-1(3)4;;;;;;;;;;/h5*(H2,2,3,4);;;;;6*1H2/q;;;;;2*+3;2*+2;;;;;;/p-10. The van der Waals surface area contributed by atoms with Gasteiger partial charge < -0.3 is 108 Å². The van der Waals surface area contributed by atoms with Crippen molar-refractivity contribution in [1.29, 1.82) is 0 Å². The Labute approximate surface area is 218 Å². The van der Waals surface area contributed by atoms with Gasteiger partial charge in [-0.05, 0) is 30.8 Å². The van der Waals surface area contributed by atoms with Crippen LogP contribution in [0.4, 0.5) is 24.0 Å². The van der Waals surface area contributed by atoms with Crippen molar-refractivity contribution < 1.29 is 108 Å². The summed E-state index contributed by atoms with van der Waals surface area (Å²) in [5.41, 5.74) is 0. The number of carboxylic acid groups (broad SMARTS) is 10. The monoisotopic (exact) mass is 510 g/mol.